The van der Waals surface area contributed by atoms with Crippen LogP contribution < -0.4 is 10.1 Å². The van der Waals surface area contributed by atoms with Gasteiger partial charge in [0.25, 0.3) is 5.91 Å². The molecule has 1 saturated heterocycles. The molecule has 2 heterocycles. The van der Waals surface area contributed by atoms with Gasteiger partial charge in [-0.2, -0.15) is 0 Å². The van der Waals surface area contributed by atoms with Crippen LogP contribution in [0, 0.1) is 0 Å². The molecule has 4 rings (SSSR count). The van der Waals surface area contributed by atoms with Crippen molar-refractivity contribution in [3.05, 3.63) is 94.6 Å². The summed E-state index contributed by atoms with van der Waals surface area (Å²) in [5.74, 6) is -1.42. The molecule has 0 radical (unpaired) electrons. The largest absolute Gasteiger partial charge is 0.489 e. The number of urea groups is 1. The Balaban J connectivity index is 1.38. The summed E-state index contributed by atoms with van der Waals surface area (Å²) < 4.78 is 15.6. The lowest BCUT2D eigenvalue weighted by Crippen LogP contribution is -2.30. The normalized spacial score (nSPS) is 14.2. The van der Waals surface area contributed by atoms with E-state index in [9.17, 15) is 19.2 Å². The van der Waals surface area contributed by atoms with Gasteiger partial charge in [0.2, 0.25) is 5.76 Å². The molecule has 0 spiro atoms. The van der Waals surface area contributed by atoms with E-state index in [-0.39, 0.29) is 35.9 Å². The summed E-state index contributed by atoms with van der Waals surface area (Å²) in [5, 5.41) is 11.6. The summed E-state index contributed by atoms with van der Waals surface area (Å²) in [6.45, 7) is 0.0460. The third-order valence-corrected chi connectivity index (χ3v) is 5.10. The van der Waals surface area contributed by atoms with Crippen LogP contribution in [-0.4, -0.2) is 41.0 Å². The molecule has 3 aromatic rings. The molecular formula is C25H20N2O8. The molecule has 0 aliphatic carbocycles. The number of imide groups is 1. The van der Waals surface area contributed by atoms with Gasteiger partial charge in [-0.15, -0.1) is 0 Å². The molecule has 1 aliphatic heterocycles. The minimum absolute atomic E-state index is 0.0257. The minimum Gasteiger partial charge on any atom is -0.489 e. The van der Waals surface area contributed by atoms with Crippen molar-refractivity contribution in [3.8, 4) is 5.75 Å². The molecular weight excluding hydrogens is 456 g/mol. The maximum Gasteiger partial charge on any atom is 0.373 e. The second kappa shape index (κ2) is 9.96. The van der Waals surface area contributed by atoms with E-state index in [1.165, 1.54) is 31.4 Å². The average molecular weight is 476 g/mol. The number of hydrogen-bond donors (Lipinski definition) is 2. The monoisotopic (exact) mass is 476 g/mol. The Bertz CT molecular complexity index is 1320. The fourth-order valence-electron chi connectivity index (χ4n) is 3.33. The zero-order valence-electron chi connectivity index (χ0n) is 18.5. The lowest BCUT2D eigenvalue weighted by Gasteiger charge is -2.09. The Morgan fingerprint density at radius 2 is 1.86 bits per heavy atom. The quantitative estimate of drug-likeness (QED) is 0.287. The molecule has 35 heavy (non-hydrogen) atoms. The number of methoxy groups -OCH3 is 1. The molecule has 2 aromatic carbocycles. The highest BCUT2D eigenvalue weighted by Crippen LogP contribution is 2.20. The SMILES string of the molecule is COC(=O)c1ccc(CN2C(=O)NC(=Cc3ccc(OCc4cccc(C(=O)O)c4)cc3)C2=O)o1. The molecule has 3 amide bonds. The van der Waals surface area contributed by atoms with Crippen molar-refractivity contribution in [1.29, 1.82) is 0 Å². The highest BCUT2D eigenvalue weighted by molar-refractivity contribution is 6.13. The van der Waals surface area contributed by atoms with E-state index in [1.807, 2.05) is 0 Å². The number of nitrogens with zero attached hydrogens (tertiary/aromatic N) is 1. The average Bonchev–Trinajstić information content (AvgIpc) is 3.43. The number of nitrogens with one attached hydrogen (secondary N) is 1. The molecule has 2 N–H and O–H groups in total. The van der Waals surface area contributed by atoms with E-state index in [2.05, 4.69) is 10.1 Å². The van der Waals surface area contributed by atoms with Crippen molar-refractivity contribution in [2.75, 3.05) is 7.11 Å². The smallest absolute Gasteiger partial charge is 0.373 e. The maximum atomic E-state index is 12.7. The molecule has 0 saturated carbocycles. The molecule has 10 heteroatoms. The van der Waals surface area contributed by atoms with Crippen molar-refractivity contribution in [2.45, 2.75) is 13.2 Å². The van der Waals surface area contributed by atoms with Gasteiger partial charge in [-0.25, -0.2) is 14.4 Å². The molecule has 0 bridgehead atoms. The number of rotatable bonds is 8. The second-order valence-corrected chi connectivity index (χ2v) is 7.50. The van der Waals surface area contributed by atoms with Crippen molar-refractivity contribution in [2.24, 2.45) is 0 Å². The van der Waals surface area contributed by atoms with Gasteiger partial charge in [0, 0.05) is 0 Å². The van der Waals surface area contributed by atoms with Crippen molar-refractivity contribution in [1.82, 2.24) is 10.2 Å². The number of benzene rings is 2. The van der Waals surface area contributed by atoms with Gasteiger partial charge in [-0.05, 0) is 53.6 Å². The van der Waals surface area contributed by atoms with E-state index in [0.29, 0.717) is 16.9 Å². The van der Waals surface area contributed by atoms with E-state index >= 15 is 0 Å². The number of furan rings is 1. The van der Waals surface area contributed by atoms with Gasteiger partial charge in [-0.1, -0.05) is 24.3 Å². The molecule has 10 nitrogen and oxygen atoms in total. The van der Waals surface area contributed by atoms with Gasteiger partial charge in [-0.3, -0.25) is 9.69 Å². The van der Waals surface area contributed by atoms with Crippen LogP contribution in [0.4, 0.5) is 4.79 Å². The van der Waals surface area contributed by atoms with E-state index < -0.39 is 23.9 Å². The fourth-order valence-corrected chi connectivity index (χ4v) is 3.33. The van der Waals surface area contributed by atoms with Crippen LogP contribution in [0.5, 0.6) is 5.75 Å². The van der Waals surface area contributed by atoms with Gasteiger partial charge in [0.15, 0.2) is 0 Å². The first-order valence-electron chi connectivity index (χ1n) is 10.4. The summed E-state index contributed by atoms with van der Waals surface area (Å²) in [5.41, 5.74) is 1.64. The number of carboxylic acids is 1. The zero-order chi connectivity index (χ0) is 24.9. The lowest BCUT2D eigenvalue weighted by molar-refractivity contribution is -0.123. The van der Waals surface area contributed by atoms with E-state index in [1.54, 1.807) is 42.5 Å². The van der Waals surface area contributed by atoms with E-state index in [4.69, 9.17) is 14.3 Å². The van der Waals surface area contributed by atoms with Gasteiger partial charge in [0.1, 0.15) is 23.8 Å². The Hall–Kier alpha value is -4.86. The van der Waals surface area contributed by atoms with Crippen LogP contribution in [0.25, 0.3) is 6.08 Å². The van der Waals surface area contributed by atoms with E-state index in [0.717, 1.165) is 4.90 Å². The number of ether oxygens (including phenoxy) is 2. The zero-order valence-corrected chi connectivity index (χ0v) is 18.5. The number of hydrogen-bond acceptors (Lipinski definition) is 7. The lowest BCUT2D eigenvalue weighted by atomic mass is 10.1. The molecule has 178 valence electrons. The number of amides is 3. The highest BCUT2D eigenvalue weighted by atomic mass is 16.5. The van der Waals surface area contributed by atoms with Crippen LogP contribution in [-0.2, 0) is 22.7 Å². The van der Waals surface area contributed by atoms with Gasteiger partial charge in [0.05, 0.1) is 19.2 Å². The standard InChI is InChI=1S/C25H20N2O8/c1-33-24(31)21-10-9-19(35-21)13-27-22(28)20(26-25(27)32)12-15-5-7-18(8-6-15)34-14-16-3-2-4-17(11-16)23(29)30/h2-12H,13-14H2,1H3,(H,26,32)(H,29,30). The maximum absolute atomic E-state index is 12.7. The van der Waals surface area contributed by atoms with Crippen molar-refractivity contribution in [3.63, 3.8) is 0 Å². The summed E-state index contributed by atoms with van der Waals surface area (Å²) in [7, 11) is 1.22. The first kappa shape index (κ1) is 23.3. The van der Waals surface area contributed by atoms with Crippen molar-refractivity contribution < 1.29 is 38.2 Å². The Kier molecular flexibility index (Phi) is 6.63. The number of carbonyl (C=O) groups excluding carboxylic acids is 3. The summed E-state index contributed by atoms with van der Waals surface area (Å²) >= 11 is 0. The molecule has 1 aliphatic rings. The summed E-state index contributed by atoms with van der Waals surface area (Å²) in [6.07, 6.45) is 1.53. The molecule has 1 aromatic heterocycles. The number of aromatic carboxylic acids is 1. The molecule has 0 unspecified atom stereocenters. The summed E-state index contributed by atoms with van der Waals surface area (Å²) in [6, 6.07) is 15.6. The number of esters is 1. The van der Waals surface area contributed by atoms with Crippen LogP contribution in [0.2, 0.25) is 0 Å². The van der Waals surface area contributed by atoms with Crippen LogP contribution in [0.3, 0.4) is 0 Å². The topological polar surface area (TPSA) is 135 Å². The van der Waals surface area contributed by atoms with Crippen LogP contribution in [0.1, 0.15) is 37.8 Å². The molecule has 0 atom stereocenters. The van der Waals surface area contributed by atoms with Crippen molar-refractivity contribution >= 4 is 30.0 Å². The predicted molar refractivity (Wildman–Crippen MR) is 121 cm³/mol. The fraction of sp³-hybridized carbons (Fsp3) is 0.120. The molecule has 1 fully saturated rings. The second-order valence-electron chi connectivity index (χ2n) is 7.50. The van der Waals surface area contributed by atoms with Gasteiger partial charge < -0.3 is 24.3 Å². The Morgan fingerprint density at radius 1 is 1.09 bits per heavy atom. The third-order valence-electron chi connectivity index (χ3n) is 5.10. The van der Waals surface area contributed by atoms with Gasteiger partial charge >= 0.3 is 18.0 Å². The van der Waals surface area contributed by atoms with Crippen LogP contribution in [0.15, 0.2) is 70.8 Å². The first-order chi connectivity index (χ1) is 16.8. The highest BCUT2D eigenvalue weighted by Gasteiger charge is 2.34. The van der Waals surface area contributed by atoms with Crippen LogP contribution >= 0.6 is 0 Å². The summed E-state index contributed by atoms with van der Waals surface area (Å²) in [4.78, 5) is 48.5. The Morgan fingerprint density at radius 3 is 2.57 bits per heavy atom. The minimum atomic E-state index is -1.01. The first-order valence-corrected chi connectivity index (χ1v) is 10.4. The number of carbonyl (C=O) groups is 4. The number of carboxylic acid groups (broad SMARTS) is 1. The third kappa shape index (κ3) is 5.38. The Labute approximate surface area is 199 Å². The predicted octanol–water partition coefficient (Wildman–Crippen LogP) is 3.44.